The van der Waals surface area contributed by atoms with Crippen LogP contribution in [0.4, 0.5) is 0 Å². The Kier molecular flexibility index (Phi) is 3.89. The predicted octanol–water partition coefficient (Wildman–Crippen LogP) is 2.33. The standard InChI is InChI=1S/C10H6IN3O2S/c11-7-4-12-5-14-9(7)17-8-2-1-6(3-13-8)10(15)16/h1-5H,(H,15,16). The highest BCUT2D eigenvalue weighted by molar-refractivity contribution is 14.1. The number of carboxylic acids is 1. The lowest BCUT2D eigenvalue weighted by Gasteiger charge is -2.01. The second kappa shape index (κ2) is 5.41. The lowest BCUT2D eigenvalue weighted by atomic mass is 10.3. The van der Waals surface area contributed by atoms with Crippen LogP contribution in [0.2, 0.25) is 0 Å². The number of pyridine rings is 1. The van der Waals surface area contributed by atoms with Crippen molar-refractivity contribution in [3.63, 3.8) is 0 Å². The summed E-state index contributed by atoms with van der Waals surface area (Å²) in [5.74, 6) is -0.981. The van der Waals surface area contributed by atoms with Crippen LogP contribution in [-0.4, -0.2) is 26.0 Å². The summed E-state index contributed by atoms with van der Waals surface area (Å²) in [5.41, 5.74) is 0.173. The number of rotatable bonds is 3. The molecule has 17 heavy (non-hydrogen) atoms. The first-order chi connectivity index (χ1) is 8.16. The number of aromatic nitrogens is 3. The molecule has 0 bridgehead atoms. The van der Waals surface area contributed by atoms with Crippen molar-refractivity contribution in [3.8, 4) is 0 Å². The van der Waals surface area contributed by atoms with Crippen molar-refractivity contribution in [2.24, 2.45) is 0 Å². The Hall–Kier alpha value is -1.22. The van der Waals surface area contributed by atoms with Crippen molar-refractivity contribution in [2.75, 3.05) is 0 Å². The Labute approximate surface area is 115 Å². The molecule has 2 aromatic rings. The summed E-state index contributed by atoms with van der Waals surface area (Å²) in [4.78, 5) is 22.7. The van der Waals surface area contributed by atoms with Gasteiger partial charge in [0, 0.05) is 12.4 Å². The largest absolute Gasteiger partial charge is 0.478 e. The summed E-state index contributed by atoms with van der Waals surface area (Å²) in [5, 5.41) is 10.2. The molecule has 5 nitrogen and oxygen atoms in total. The summed E-state index contributed by atoms with van der Waals surface area (Å²) in [7, 11) is 0. The van der Waals surface area contributed by atoms with Gasteiger partial charge in [0.2, 0.25) is 0 Å². The fourth-order valence-electron chi connectivity index (χ4n) is 1.04. The van der Waals surface area contributed by atoms with E-state index in [4.69, 9.17) is 5.11 Å². The van der Waals surface area contributed by atoms with E-state index in [0.717, 1.165) is 8.60 Å². The van der Waals surface area contributed by atoms with Crippen molar-refractivity contribution in [3.05, 3.63) is 40.0 Å². The van der Waals surface area contributed by atoms with Crippen LogP contribution in [0.5, 0.6) is 0 Å². The Morgan fingerprint density at radius 1 is 1.29 bits per heavy atom. The zero-order valence-electron chi connectivity index (χ0n) is 8.37. The molecule has 0 amide bonds. The van der Waals surface area contributed by atoms with Crippen molar-refractivity contribution >= 4 is 40.3 Å². The van der Waals surface area contributed by atoms with Gasteiger partial charge in [-0.25, -0.2) is 19.7 Å². The Balaban J connectivity index is 2.20. The van der Waals surface area contributed by atoms with Crippen LogP contribution in [0, 0.1) is 3.57 Å². The highest BCUT2D eigenvalue weighted by Gasteiger charge is 2.06. The molecule has 2 rings (SSSR count). The minimum Gasteiger partial charge on any atom is -0.478 e. The number of carboxylic acid groups (broad SMARTS) is 1. The fourth-order valence-corrected chi connectivity index (χ4v) is 2.36. The molecule has 0 aliphatic heterocycles. The highest BCUT2D eigenvalue weighted by Crippen LogP contribution is 2.27. The van der Waals surface area contributed by atoms with Gasteiger partial charge in [-0.3, -0.25) is 0 Å². The predicted molar refractivity (Wildman–Crippen MR) is 70.1 cm³/mol. The van der Waals surface area contributed by atoms with Gasteiger partial charge in [0.25, 0.3) is 0 Å². The maximum atomic E-state index is 10.7. The molecule has 7 heteroatoms. The normalized spacial score (nSPS) is 10.2. The Morgan fingerprint density at radius 3 is 2.71 bits per heavy atom. The van der Waals surface area contributed by atoms with Crippen molar-refractivity contribution in [1.82, 2.24) is 15.0 Å². The number of hydrogen-bond donors (Lipinski definition) is 1. The third-order valence-electron chi connectivity index (χ3n) is 1.82. The molecule has 0 aliphatic carbocycles. The van der Waals surface area contributed by atoms with Crippen LogP contribution < -0.4 is 0 Å². The van der Waals surface area contributed by atoms with E-state index in [2.05, 4.69) is 37.5 Å². The van der Waals surface area contributed by atoms with E-state index < -0.39 is 5.97 Å². The molecule has 2 heterocycles. The second-order valence-electron chi connectivity index (χ2n) is 2.97. The zero-order valence-corrected chi connectivity index (χ0v) is 11.3. The van der Waals surface area contributed by atoms with Crippen molar-refractivity contribution in [1.29, 1.82) is 0 Å². The Bertz CT molecular complexity index is 548. The molecule has 0 atom stereocenters. The smallest absolute Gasteiger partial charge is 0.337 e. The summed E-state index contributed by atoms with van der Waals surface area (Å²) in [6.07, 6.45) is 4.51. The molecular formula is C10H6IN3O2S. The van der Waals surface area contributed by atoms with E-state index in [-0.39, 0.29) is 5.56 Å². The number of hydrogen-bond acceptors (Lipinski definition) is 5. The molecular weight excluding hydrogens is 353 g/mol. The van der Waals surface area contributed by atoms with Gasteiger partial charge < -0.3 is 5.11 Å². The average molecular weight is 359 g/mol. The van der Waals surface area contributed by atoms with Gasteiger partial charge in [-0.2, -0.15) is 0 Å². The summed E-state index contributed by atoms with van der Waals surface area (Å²) < 4.78 is 0.930. The maximum Gasteiger partial charge on any atom is 0.337 e. The summed E-state index contributed by atoms with van der Waals surface area (Å²) in [6, 6.07) is 3.18. The molecule has 0 unspecified atom stereocenters. The lowest BCUT2D eigenvalue weighted by Crippen LogP contribution is -1.97. The van der Waals surface area contributed by atoms with E-state index in [1.54, 1.807) is 12.3 Å². The molecule has 0 aromatic carbocycles. The molecule has 0 aliphatic rings. The van der Waals surface area contributed by atoms with E-state index in [1.807, 2.05) is 0 Å². The first-order valence-corrected chi connectivity index (χ1v) is 6.39. The van der Waals surface area contributed by atoms with Gasteiger partial charge in [-0.1, -0.05) is 0 Å². The number of nitrogens with zero attached hydrogens (tertiary/aromatic N) is 3. The molecule has 0 saturated carbocycles. The van der Waals surface area contributed by atoms with Crippen LogP contribution in [-0.2, 0) is 0 Å². The van der Waals surface area contributed by atoms with E-state index in [9.17, 15) is 4.79 Å². The van der Waals surface area contributed by atoms with Crippen LogP contribution in [0.3, 0.4) is 0 Å². The minimum atomic E-state index is -0.981. The highest BCUT2D eigenvalue weighted by atomic mass is 127. The number of halogens is 1. The van der Waals surface area contributed by atoms with E-state index in [0.29, 0.717) is 5.03 Å². The quantitative estimate of drug-likeness (QED) is 0.670. The summed E-state index contributed by atoms with van der Waals surface area (Å²) >= 11 is 3.51. The maximum absolute atomic E-state index is 10.7. The van der Waals surface area contributed by atoms with E-state index in [1.165, 1.54) is 30.4 Å². The zero-order chi connectivity index (χ0) is 12.3. The van der Waals surface area contributed by atoms with Gasteiger partial charge in [-0.05, 0) is 46.5 Å². The first-order valence-electron chi connectivity index (χ1n) is 4.49. The number of carbonyl (C=O) groups is 1. The molecule has 0 saturated heterocycles. The van der Waals surface area contributed by atoms with Crippen molar-refractivity contribution < 1.29 is 9.90 Å². The third-order valence-corrected chi connectivity index (χ3v) is 3.94. The number of aromatic carboxylic acids is 1. The molecule has 1 N–H and O–H groups in total. The minimum absolute atomic E-state index is 0.173. The van der Waals surface area contributed by atoms with Crippen LogP contribution >= 0.6 is 34.4 Å². The monoisotopic (exact) mass is 359 g/mol. The lowest BCUT2D eigenvalue weighted by molar-refractivity contribution is 0.0696. The topological polar surface area (TPSA) is 76.0 Å². The van der Waals surface area contributed by atoms with Gasteiger partial charge in [0.05, 0.1) is 9.13 Å². The van der Waals surface area contributed by atoms with Crippen LogP contribution in [0.25, 0.3) is 0 Å². The van der Waals surface area contributed by atoms with Gasteiger partial charge >= 0.3 is 5.97 Å². The average Bonchev–Trinajstić information content (AvgIpc) is 2.33. The van der Waals surface area contributed by atoms with Crippen LogP contribution in [0.1, 0.15) is 10.4 Å². The van der Waals surface area contributed by atoms with Crippen molar-refractivity contribution in [2.45, 2.75) is 10.1 Å². The third kappa shape index (κ3) is 3.13. The molecule has 86 valence electrons. The molecule has 0 spiro atoms. The van der Waals surface area contributed by atoms with Gasteiger partial charge in [0.15, 0.2) is 0 Å². The van der Waals surface area contributed by atoms with Gasteiger partial charge in [0.1, 0.15) is 16.4 Å². The molecule has 0 fully saturated rings. The molecule has 2 aromatic heterocycles. The molecule has 0 radical (unpaired) electrons. The van der Waals surface area contributed by atoms with E-state index >= 15 is 0 Å². The van der Waals surface area contributed by atoms with Crippen LogP contribution in [0.15, 0.2) is 40.9 Å². The Morgan fingerprint density at radius 2 is 2.12 bits per heavy atom. The first kappa shape index (κ1) is 12.2. The second-order valence-corrected chi connectivity index (χ2v) is 5.14. The van der Waals surface area contributed by atoms with Gasteiger partial charge in [-0.15, -0.1) is 0 Å². The SMILES string of the molecule is O=C(O)c1ccc(Sc2ncncc2I)nc1. The summed E-state index contributed by atoms with van der Waals surface area (Å²) in [6.45, 7) is 0. The fraction of sp³-hybridized carbons (Fsp3) is 0.